The number of carbonyl (C=O) groups is 1. The molecule has 1 aliphatic heterocycles. The van der Waals surface area contributed by atoms with Crippen LogP contribution in [0.1, 0.15) is 28.8 Å². The molecule has 1 atom stereocenters. The predicted octanol–water partition coefficient (Wildman–Crippen LogP) is 4.64. The van der Waals surface area contributed by atoms with Crippen LogP contribution in [0.2, 0.25) is 0 Å². The number of amides is 1. The summed E-state index contributed by atoms with van der Waals surface area (Å²) in [6.07, 6.45) is 5.33. The lowest BCUT2D eigenvalue weighted by molar-refractivity contribution is 0.0855. The number of rotatable bonds is 7. The van der Waals surface area contributed by atoms with Crippen molar-refractivity contribution in [1.29, 1.82) is 0 Å². The Labute approximate surface area is 180 Å². The van der Waals surface area contributed by atoms with Gasteiger partial charge in [-0.1, -0.05) is 41.6 Å². The van der Waals surface area contributed by atoms with Gasteiger partial charge in [0.05, 0.1) is 11.7 Å². The molecule has 7 heteroatoms. The minimum atomic E-state index is -0.126. The van der Waals surface area contributed by atoms with Crippen molar-refractivity contribution in [3.63, 3.8) is 0 Å². The molecular formula is C23H23N3O3S. The molecule has 3 aromatic rings. The minimum Gasteiger partial charge on any atom is -0.437 e. The van der Waals surface area contributed by atoms with Crippen molar-refractivity contribution in [3.8, 4) is 11.6 Å². The zero-order chi connectivity index (χ0) is 20.8. The highest BCUT2D eigenvalue weighted by Gasteiger charge is 2.19. The Kier molecular flexibility index (Phi) is 6.61. The first-order valence-corrected chi connectivity index (χ1v) is 10.7. The molecule has 0 radical (unpaired) electrons. The molecule has 6 nitrogen and oxygen atoms in total. The Hall–Kier alpha value is -2.90. The average Bonchev–Trinajstić information content (AvgIpc) is 3.29. The number of nitrogens with zero attached hydrogens (tertiary/aromatic N) is 2. The summed E-state index contributed by atoms with van der Waals surface area (Å²) in [5, 5.41) is 3.58. The second-order valence-corrected chi connectivity index (χ2v) is 8.06. The van der Waals surface area contributed by atoms with Crippen molar-refractivity contribution in [2.45, 2.75) is 35.8 Å². The van der Waals surface area contributed by atoms with Crippen LogP contribution in [-0.2, 0) is 4.74 Å². The normalized spacial score (nSPS) is 15.7. The fourth-order valence-electron chi connectivity index (χ4n) is 3.12. The van der Waals surface area contributed by atoms with Gasteiger partial charge in [0.1, 0.15) is 5.75 Å². The summed E-state index contributed by atoms with van der Waals surface area (Å²) < 4.78 is 11.5. The SMILES string of the molecule is Cc1ccc(Oc2nccnc2Sc2ccccc2C(=O)NC[C@H]2CCCO2)cc1. The molecule has 154 valence electrons. The van der Waals surface area contributed by atoms with Crippen LogP contribution in [0.5, 0.6) is 11.6 Å². The molecule has 1 amide bonds. The Morgan fingerprint density at radius 3 is 2.77 bits per heavy atom. The summed E-state index contributed by atoms with van der Waals surface area (Å²) in [5.74, 6) is 0.963. The first-order valence-electron chi connectivity index (χ1n) is 9.91. The summed E-state index contributed by atoms with van der Waals surface area (Å²) in [5.41, 5.74) is 1.74. The quantitative estimate of drug-likeness (QED) is 0.599. The van der Waals surface area contributed by atoms with E-state index in [0.29, 0.717) is 28.8 Å². The number of aryl methyl sites for hydroxylation is 1. The summed E-state index contributed by atoms with van der Waals surface area (Å²) in [4.78, 5) is 22.3. The molecule has 30 heavy (non-hydrogen) atoms. The van der Waals surface area contributed by atoms with Crippen LogP contribution in [0.25, 0.3) is 0 Å². The van der Waals surface area contributed by atoms with E-state index in [0.717, 1.165) is 29.9 Å². The fourth-order valence-corrected chi connectivity index (χ4v) is 4.05. The van der Waals surface area contributed by atoms with Gasteiger partial charge in [-0.25, -0.2) is 9.97 Å². The Morgan fingerprint density at radius 1 is 1.17 bits per heavy atom. The highest BCUT2D eigenvalue weighted by atomic mass is 32.2. The number of nitrogens with one attached hydrogen (secondary N) is 1. The van der Waals surface area contributed by atoms with E-state index in [1.165, 1.54) is 11.8 Å². The zero-order valence-electron chi connectivity index (χ0n) is 16.7. The smallest absolute Gasteiger partial charge is 0.252 e. The highest BCUT2D eigenvalue weighted by molar-refractivity contribution is 7.99. The topological polar surface area (TPSA) is 73.3 Å². The molecule has 4 rings (SSSR count). The molecular weight excluding hydrogens is 398 g/mol. The molecule has 0 aliphatic carbocycles. The third-order valence-corrected chi connectivity index (χ3v) is 5.77. The van der Waals surface area contributed by atoms with Gasteiger partial charge in [-0.15, -0.1) is 0 Å². The molecule has 1 N–H and O–H groups in total. The van der Waals surface area contributed by atoms with Gasteiger partial charge in [0, 0.05) is 30.4 Å². The molecule has 1 aliphatic rings. The number of carbonyl (C=O) groups excluding carboxylic acids is 1. The monoisotopic (exact) mass is 421 g/mol. The number of benzene rings is 2. The van der Waals surface area contributed by atoms with Crippen LogP contribution in [-0.4, -0.2) is 35.1 Å². The summed E-state index contributed by atoms with van der Waals surface area (Å²) in [7, 11) is 0. The second-order valence-electron chi connectivity index (χ2n) is 7.03. The van der Waals surface area contributed by atoms with Crippen LogP contribution in [0, 0.1) is 6.92 Å². The van der Waals surface area contributed by atoms with Gasteiger partial charge in [-0.05, 0) is 44.0 Å². The van der Waals surface area contributed by atoms with Gasteiger partial charge in [0.2, 0.25) is 0 Å². The maximum Gasteiger partial charge on any atom is 0.252 e. The number of hydrogen-bond acceptors (Lipinski definition) is 6. The van der Waals surface area contributed by atoms with E-state index in [2.05, 4.69) is 15.3 Å². The van der Waals surface area contributed by atoms with Crippen LogP contribution in [0.3, 0.4) is 0 Å². The van der Waals surface area contributed by atoms with Crippen LogP contribution in [0.15, 0.2) is 70.8 Å². The third-order valence-electron chi connectivity index (χ3n) is 4.72. The first kappa shape index (κ1) is 20.4. The summed E-state index contributed by atoms with van der Waals surface area (Å²) >= 11 is 1.36. The van der Waals surface area contributed by atoms with Gasteiger partial charge in [0.25, 0.3) is 11.8 Å². The lowest BCUT2D eigenvalue weighted by atomic mass is 10.2. The first-order chi connectivity index (χ1) is 14.7. The second kappa shape index (κ2) is 9.73. The standard InChI is InChI=1S/C23H23N3O3S/c1-16-8-10-17(11-9-16)29-22-23(25-13-12-24-22)30-20-7-3-2-6-19(20)21(27)26-15-18-5-4-14-28-18/h2-3,6-13,18H,4-5,14-15H2,1H3,(H,26,27)/t18-/m1/s1. The van der Waals surface area contributed by atoms with Crippen molar-refractivity contribution in [2.24, 2.45) is 0 Å². The molecule has 0 spiro atoms. The van der Waals surface area contributed by atoms with E-state index >= 15 is 0 Å². The minimum absolute atomic E-state index is 0.100. The third kappa shape index (κ3) is 5.17. The largest absolute Gasteiger partial charge is 0.437 e. The Balaban J connectivity index is 1.50. The summed E-state index contributed by atoms with van der Waals surface area (Å²) in [6, 6.07) is 15.2. The number of ether oxygens (including phenoxy) is 2. The lowest BCUT2D eigenvalue weighted by Crippen LogP contribution is -2.32. The molecule has 0 unspecified atom stereocenters. The Morgan fingerprint density at radius 2 is 1.97 bits per heavy atom. The molecule has 0 bridgehead atoms. The van der Waals surface area contributed by atoms with Crippen molar-refractivity contribution < 1.29 is 14.3 Å². The van der Waals surface area contributed by atoms with E-state index < -0.39 is 0 Å². The van der Waals surface area contributed by atoms with Gasteiger partial charge in [-0.2, -0.15) is 0 Å². The molecule has 1 fully saturated rings. The van der Waals surface area contributed by atoms with Crippen LogP contribution >= 0.6 is 11.8 Å². The Bertz CT molecular complexity index is 1000. The molecule has 2 heterocycles. The molecule has 1 saturated heterocycles. The van der Waals surface area contributed by atoms with Gasteiger partial charge >= 0.3 is 0 Å². The predicted molar refractivity (Wildman–Crippen MR) is 115 cm³/mol. The van der Waals surface area contributed by atoms with Crippen LogP contribution < -0.4 is 10.1 Å². The van der Waals surface area contributed by atoms with Gasteiger partial charge in [0.15, 0.2) is 5.03 Å². The van der Waals surface area contributed by atoms with Crippen molar-refractivity contribution in [2.75, 3.05) is 13.2 Å². The average molecular weight is 422 g/mol. The number of hydrogen-bond donors (Lipinski definition) is 1. The van der Waals surface area contributed by atoms with E-state index in [4.69, 9.17) is 9.47 Å². The van der Waals surface area contributed by atoms with E-state index in [1.807, 2.05) is 55.5 Å². The molecule has 1 aromatic heterocycles. The zero-order valence-corrected chi connectivity index (χ0v) is 17.5. The highest BCUT2D eigenvalue weighted by Crippen LogP contribution is 2.35. The number of aromatic nitrogens is 2. The maximum absolute atomic E-state index is 12.8. The lowest BCUT2D eigenvalue weighted by Gasteiger charge is -2.13. The fraction of sp³-hybridized carbons (Fsp3) is 0.261. The van der Waals surface area contributed by atoms with Crippen LogP contribution in [0.4, 0.5) is 0 Å². The van der Waals surface area contributed by atoms with Gasteiger partial charge in [-0.3, -0.25) is 4.79 Å². The van der Waals surface area contributed by atoms with Crippen molar-refractivity contribution in [3.05, 3.63) is 72.1 Å². The van der Waals surface area contributed by atoms with Crippen molar-refractivity contribution in [1.82, 2.24) is 15.3 Å². The maximum atomic E-state index is 12.8. The van der Waals surface area contributed by atoms with E-state index in [1.54, 1.807) is 12.4 Å². The van der Waals surface area contributed by atoms with Gasteiger partial charge < -0.3 is 14.8 Å². The van der Waals surface area contributed by atoms with Crippen molar-refractivity contribution >= 4 is 17.7 Å². The molecule has 0 saturated carbocycles. The summed E-state index contributed by atoms with van der Waals surface area (Å²) in [6.45, 7) is 3.31. The van der Waals surface area contributed by atoms with E-state index in [9.17, 15) is 4.79 Å². The van der Waals surface area contributed by atoms with E-state index in [-0.39, 0.29) is 12.0 Å². The molecule has 2 aromatic carbocycles.